The molecule has 1 N–H and O–H groups in total. The molecule has 17 heavy (non-hydrogen) atoms. The largest absolute Gasteiger partial charge is 0.284 e. The predicted octanol–water partition coefficient (Wildman–Crippen LogP) is 2.58. The van der Waals surface area contributed by atoms with E-state index in [-0.39, 0.29) is 16.7 Å². The quantitative estimate of drug-likeness (QED) is 0.848. The van der Waals surface area contributed by atoms with Gasteiger partial charge in [-0.15, -0.1) is 11.6 Å². The number of nitrogens with one attached hydrogen (secondary N) is 1. The smallest absolute Gasteiger partial charge is 0.232 e. The predicted molar refractivity (Wildman–Crippen MR) is 68.9 cm³/mol. The molecule has 0 bridgehead atoms. The average molecular weight is 293 g/mol. The Labute approximate surface area is 110 Å². The van der Waals surface area contributed by atoms with E-state index in [0.717, 1.165) is 0 Å². The number of halogens is 2. The summed E-state index contributed by atoms with van der Waals surface area (Å²) in [6, 6.07) is 6.24. The van der Waals surface area contributed by atoms with Gasteiger partial charge in [0.1, 0.15) is 6.07 Å². The van der Waals surface area contributed by atoms with Crippen LogP contribution in [0.3, 0.4) is 0 Å². The Morgan fingerprint density at radius 2 is 2.12 bits per heavy atom. The Balaban J connectivity index is 2.83. The Kier molecular flexibility index (Phi) is 5.06. The molecule has 0 amide bonds. The van der Waals surface area contributed by atoms with Crippen molar-refractivity contribution in [2.24, 2.45) is 0 Å². The molecule has 0 aliphatic rings. The highest BCUT2D eigenvalue weighted by Crippen LogP contribution is 2.21. The lowest BCUT2D eigenvalue weighted by atomic mass is 10.2. The number of hydrogen-bond donors (Lipinski definition) is 1. The highest BCUT2D eigenvalue weighted by atomic mass is 35.5. The summed E-state index contributed by atoms with van der Waals surface area (Å²) in [6.45, 7) is 0. The fraction of sp³-hybridized carbons (Fsp3) is 0.300. The van der Waals surface area contributed by atoms with Crippen LogP contribution in [0.2, 0.25) is 5.02 Å². The number of sulfonamides is 1. The molecule has 0 aliphatic carbocycles. The van der Waals surface area contributed by atoms with E-state index in [1.807, 2.05) is 6.07 Å². The van der Waals surface area contributed by atoms with E-state index in [4.69, 9.17) is 28.5 Å². The first-order chi connectivity index (χ1) is 7.98. The Morgan fingerprint density at radius 3 is 2.65 bits per heavy atom. The summed E-state index contributed by atoms with van der Waals surface area (Å²) in [7, 11) is -3.41. The van der Waals surface area contributed by atoms with Gasteiger partial charge >= 0.3 is 0 Å². The van der Waals surface area contributed by atoms with Crippen LogP contribution in [0.15, 0.2) is 18.2 Å². The Bertz CT molecular complexity index is 538. The zero-order valence-corrected chi connectivity index (χ0v) is 11.1. The second-order valence-electron chi connectivity index (χ2n) is 3.27. The fourth-order valence-electron chi connectivity index (χ4n) is 1.14. The van der Waals surface area contributed by atoms with Crippen LogP contribution in [-0.2, 0) is 10.0 Å². The molecule has 1 rings (SSSR count). The minimum atomic E-state index is -3.41. The normalized spacial score (nSPS) is 10.9. The SMILES string of the molecule is N#Cc1ccc(NS(=O)(=O)CCCCl)cc1Cl. The van der Waals surface area contributed by atoms with Gasteiger partial charge in [0.05, 0.1) is 22.0 Å². The van der Waals surface area contributed by atoms with Crippen molar-refractivity contribution in [3.05, 3.63) is 28.8 Å². The van der Waals surface area contributed by atoms with Gasteiger partial charge in [0.2, 0.25) is 10.0 Å². The molecule has 0 heterocycles. The van der Waals surface area contributed by atoms with Crippen molar-refractivity contribution in [3.8, 4) is 6.07 Å². The maximum absolute atomic E-state index is 11.5. The van der Waals surface area contributed by atoms with Gasteiger partial charge in [-0.1, -0.05) is 11.6 Å². The highest BCUT2D eigenvalue weighted by Gasteiger charge is 2.10. The van der Waals surface area contributed by atoms with Gasteiger partial charge in [-0.3, -0.25) is 4.72 Å². The molecular formula is C10H10Cl2N2O2S. The van der Waals surface area contributed by atoms with Crippen LogP contribution in [0.1, 0.15) is 12.0 Å². The van der Waals surface area contributed by atoms with Crippen LogP contribution in [0, 0.1) is 11.3 Å². The van der Waals surface area contributed by atoms with Crippen molar-refractivity contribution < 1.29 is 8.42 Å². The lowest BCUT2D eigenvalue weighted by molar-refractivity contribution is 0.600. The van der Waals surface area contributed by atoms with E-state index in [2.05, 4.69) is 4.72 Å². The number of nitriles is 1. The van der Waals surface area contributed by atoms with E-state index in [1.54, 1.807) is 0 Å². The third kappa shape index (κ3) is 4.43. The standard InChI is InChI=1S/C10H10Cl2N2O2S/c11-4-1-5-17(15,16)14-9-3-2-8(7-13)10(12)6-9/h2-3,6,14H,1,4-5H2. The average Bonchev–Trinajstić information content (AvgIpc) is 2.26. The van der Waals surface area contributed by atoms with Crippen LogP contribution in [0.25, 0.3) is 0 Å². The molecule has 0 spiro atoms. The van der Waals surface area contributed by atoms with E-state index in [1.165, 1.54) is 18.2 Å². The van der Waals surface area contributed by atoms with Crippen LogP contribution >= 0.6 is 23.2 Å². The molecule has 92 valence electrons. The molecule has 0 saturated carbocycles. The molecule has 0 saturated heterocycles. The molecule has 0 aliphatic heterocycles. The first kappa shape index (κ1) is 14.1. The van der Waals surface area contributed by atoms with E-state index in [9.17, 15) is 8.42 Å². The first-order valence-electron chi connectivity index (χ1n) is 4.74. The maximum atomic E-state index is 11.5. The van der Waals surface area contributed by atoms with Gasteiger partial charge in [0.15, 0.2) is 0 Å². The molecule has 1 aromatic rings. The fourth-order valence-corrected chi connectivity index (χ4v) is 2.77. The summed E-state index contributed by atoms with van der Waals surface area (Å²) in [5.41, 5.74) is 0.638. The van der Waals surface area contributed by atoms with Crippen molar-refractivity contribution in [3.63, 3.8) is 0 Å². The monoisotopic (exact) mass is 292 g/mol. The molecule has 0 aromatic heterocycles. The first-order valence-corrected chi connectivity index (χ1v) is 7.31. The van der Waals surface area contributed by atoms with Crippen LogP contribution < -0.4 is 4.72 Å². The second kappa shape index (κ2) is 6.10. The lowest BCUT2D eigenvalue weighted by Crippen LogP contribution is -2.16. The van der Waals surface area contributed by atoms with Crippen molar-refractivity contribution >= 4 is 38.9 Å². The molecule has 0 unspecified atom stereocenters. The minimum Gasteiger partial charge on any atom is -0.284 e. The van der Waals surface area contributed by atoms with E-state index in [0.29, 0.717) is 17.7 Å². The molecule has 1 aromatic carbocycles. The maximum Gasteiger partial charge on any atom is 0.232 e. The Morgan fingerprint density at radius 1 is 1.41 bits per heavy atom. The third-order valence-corrected chi connectivity index (χ3v) is 3.86. The number of benzene rings is 1. The number of rotatable bonds is 5. The van der Waals surface area contributed by atoms with Crippen molar-refractivity contribution in [2.75, 3.05) is 16.4 Å². The van der Waals surface area contributed by atoms with E-state index >= 15 is 0 Å². The van der Waals surface area contributed by atoms with E-state index < -0.39 is 10.0 Å². The number of anilines is 1. The molecule has 7 heteroatoms. The van der Waals surface area contributed by atoms with Crippen LogP contribution in [-0.4, -0.2) is 20.1 Å². The Hall–Kier alpha value is -0.960. The summed E-state index contributed by atoms with van der Waals surface area (Å²) in [5, 5.41) is 8.88. The van der Waals surface area contributed by atoms with Gasteiger partial charge in [0.25, 0.3) is 0 Å². The molecular weight excluding hydrogens is 283 g/mol. The summed E-state index contributed by atoms with van der Waals surface area (Å²) in [4.78, 5) is 0. The molecule has 0 fully saturated rings. The van der Waals surface area contributed by atoms with Gasteiger partial charge in [-0.05, 0) is 24.6 Å². The van der Waals surface area contributed by atoms with Crippen molar-refractivity contribution in [1.29, 1.82) is 5.26 Å². The van der Waals surface area contributed by atoms with Gasteiger partial charge in [0, 0.05) is 5.88 Å². The second-order valence-corrected chi connectivity index (χ2v) is 5.90. The van der Waals surface area contributed by atoms with Gasteiger partial charge in [-0.2, -0.15) is 5.26 Å². The molecule has 4 nitrogen and oxygen atoms in total. The van der Waals surface area contributed by atoms with Crippen molar-refractivity contribution in [1.82, 2.24) is 0 Å². The van der Waals surface area contributed by atoms with Gasteiger partial charge < -0.3 is 0 Å². The lowest BCUT2D eigenvalue weighted by Gasteiger charge is -2.07. The van der Waals surface area contributed by atoms with Gasteiger partial charge in [-0.25, -0.2) is 8.42 Å². The molecule has 0 radical (unpaired) electrons. The van der Waals surface area contributed by atoms with Crippen LogP contribution in [0.5, 0.6) is 0 Å². The third-order valence-electron chi connectivity index (χ3n) is 1.91. The van der Waals surface area contributed by atoms with Crippen molar-refractivity contribution in [2.45, 2.75) is 6.42 Å². The summed E-state index contributed by atoms with van der Waals surface area (Å²) in [6.07, 6.45) is 0.376. The molecule has 0 atom stereocenters. The zero-order chi connectivity index (χ0) is 12.9. The number of alkyl halides is 1. The summed E-state index contributed by atoms with van der Waals surface area (Å²) in [5.74, 6) is 0.239. The zero-order valence-electron chi connectivity index (χ0n) is 8.78. The van der Waals surface area contributed by atoms with Crippen LogP contribution in [0.4, 0.5) is 5.69 Å². The number of hydrogen-bond acceptors (Lipinski definition) is 3. The summed E-state index contributed by atoms with van der Waals surface area (Å²) >= 11 is 11.2. The number of nitrogens with zero attached hydrogens (tertiary/aromatic N) is 1. The highest BCUT2D eigenvalue weighted by molar-refractivity contribution is 7.92. The minimum absolute atomic E-state index is 0.0475. The topological polar surface area (TPSA) is 70.0 Å². The summed E-state index contributed by atoms with van der Waals surface area (Å²) < 4.78 is 25.5.